The lowest BCUT2D eigenvalue weighted by atomic mass is 9.92. The average Bonchev–Trinajstić information content (AvgIpc) is 2.16. The fraction of sp³-hybridized carbons (Fsp3) is 0.538. The van der Waals surface area contributed by atoms with Crippen LogP contribution in [0.5, 0.6) is 0 Å². The van der Waals surface area contributed by atoms with Crippen LogP contribution in [0.3, 0.4) is 0 Å². The van der Waals surface area contributed by atoms with Crippen molar-refractivity contribution in [1.82, 2.24) is 5.32 Å². The van der Waals surface area contributed by atoms with Crippen LogP contribution in [-0.2, 0) is 5.54 Å². The molecule has 2 nitrogen and oxygen atoms in total. The van der Waals surface area contributed by atoms with Crippen LogP contribution in [0.25, 0.3) is 0 Å². The summed E-state index contributed by atoms with van der Waals surface area (Å²) in [7, 11) is 0. The maximum atomic E-state index is 6.28. The van der Waals surface area contributed by atoms with E-state index in [1.165, 1.54) is 5.56 Å². The predicted octanol–water partition coefficient (Wildman–Crippen LogP) is 2.25. The second-order valence-electron chi connectivity index (χ2n) is 5.39. The summed E-state index contributed by atoms with van der Waals surface area (Å²) in [6.45, 7) is 9.28. The van der Waals surface area contributed by atoms with Crippen molar-refractivity contribution in [2.45, 2.75) is 38.8 Å². The summed E-state index contributed by atoms with van der Waals surface area (Å²) >= 11 is 0. The van der Waals surface area contributed by atoms with Gasteiger partial charge in [0, 0.05) is 12.1 Å². The number of benzene rings is 1. The first-order chi connectivity index (χ1) is 6.81. The van der Waals surface area contributed by atoms with Gasteiger partial charge in [0.2, 0.25) is 0 Å². The zero-order valence-corrected chi connectivity index (χ0v) is 10.2. The van der Waals surface area contributed by atoms with E-state index >= 15 is 0 Å². The normalized spacial score (nSPS) is 16.1. The fourth-order valence-electron chi connectivity index (χ4n) is 1.37. The smallest absolute Gasteiger partial charge is 0.0507 e. The predicted molar refractivity (Wildman–Crippen MR) is 65.7 cm³/mol. The Labute approximate surface area is 92.9 Å². The molecule has 0 bridgehead atoms. The molecule has 0 aromatic heterocycles. The fourth-order valence-corrected chi connectivity index (χ4v) is 1.37. The van der Waals surface area contributed by atoms with Crippen LogP contribution in [0.2, 0.25) is 0 Å². The van der Waals surface area contributed by atoms with Gasteiger partial charge in [-0.3, -0.25) is 0 Å². The first-order valence-corrected chi connectivity index (χ1v) is 5.41. The Bertz CT molecular complexity index is 296. The second kappa shape index (κ2) is 4.33. The van der Waals surface area contributed by atoms with Crippen molar-refractivity contribution in [2.75, 3.05) is 6.54 Å². The highest BCUT2D eigenvalue weighted by atomic mass is 15.0. The molecule has 0 saturated carbocycles. The van der Waals surface area contributed by atoms with E-state index in [4.69, 9.17) is 5.73 Å². The van der Waals surface area contributed by atoms with Crippen molar-refractivity contribution in [2.24, 2.45) is 5.73 Å². The highest BCUT2D eigenvalue weighted by Gasteiger charge is 2.22. The SMILES string of the molecule is CC(C)(C)NCC(C)(N)c1ccccc1. The van der Waals surface area contributed by atoms with E-state index in [-0.39, 0.29) is 11.1 Å². The van der Waals surface area contributed by atoms with Crippen LogP contribution in [0.1, 0.15) is 33.3 Å². The second-order valence-corrected chi connectivity index (χ2v) is 5.39. The number of hydrogen-bond acceptors (Lipinski definition) is 2. The standard InChI is InChI=1S/C13H22N2/c1-12(2,3)15-10-13(4,14)11-8-6-5-7-9-11/h5-9,15H,10,14H2,1-4H3. The van der Waals surface area contributed by atoms with Crippen molar-refractivity contribution >= 4 is 0 Å². The summed E-state index contributed by atoms with van der Waals surface area (Å²) < 4.78 is 0. The third-order valence-corrected chi connectivity index (χ3v) is 2.42. The van der Waals surface area contributed by atoms with Gasteiger partial charge in [-0.05, 0) is 33.3 Å². The van der Waals surface area contributed by atoms with E-state index in [1.54, 1.807) is 0 Å². The van der Waals surface area contributed by atoms with Gasteiger partial charge in [0.25, 0.3) is 0 Å². The highest BCUT2D eigenvalue weighted by Crippen LogP contribution is 2.17. The van der Waals surface area contributed by atoms with Crippen LogP contribution >= 0.6 is 0 Å². The van der Waals surface area contributed by atoms with Crippen molar-refractivity contribution in [3.05, 3.63) is 35.9 Å². The van der Waals surface area contributed by atoms with E-state index < -0.39 is 0 Å². The topological polar surface area (TPSA) is 38.0 Å². The molecule has 0 saturated heterocycles. The van der Waals surface area contributed by atoms with Gasteiger partial charge in [-0.2, -0.15) is 0 Å². The minimum absolute atomic E-state index is 0.107. The molecule has 1 rings (SSSR count). The van der Waals surface area contributed by atoms with E-state index in [0.29, 0.717) is 0 Å². The lowest BCUT2D eigenvalue weighted by molar-refractivity contribution is 0.353. The average molecular weight is 206 g/mol. The van der Waals surface area contributed by atoms with E-state index in [0.717, 1.165) is 6.54 Å². The summed E-state index contributed by atoms with van der Waals surface area (Å²) in [5.41, 5.74) is 7.25. The van der Waals surface area contributed by atoms with Crippen molar-refractivity contribution in [3.63, 3.8) is 0 Å². The zero-order chi connectivity index (χ0) is 11.5. The number of rotatable bonds is 3. The van der Waals surface area contributed by atoms with Gasteiger partial charge < -0.3 is 11.1 Å². The summed E-state index contributed by atoms with van der Waals surface area (Å²) in [5.74, 6) is 0. The molecule has 84 valence electrons. The Hall–Kier alpha value is -0.860. The van der Waals surface area contributed by atoms with Crippen LogP contribution in [0.4, 0.5) is 0 Å². The Morgan fingerprint density at radius 1 is 1.07 bits per heavy atom. The Morgan fingerprint density at radius 2 is 1.60 bits per heavy atom. The molecular weight excluding hydrogens is 184 g/mol. The van der Waals surface area contributed by atoms with Crippen LogP contribution in [-0.4, -0.2) is 12.1 Å². The van der Waals surface area contributed by atoms with Crippen LogP contribution < -0.4 is 11.1 Å². The zero-order valence-electron chi connectivity index (χ0n) is 10.2. The van der Waals surface area contributed by atoms with E-state index in [9.17, 15) is 0 Å². The Kier molecular flexibility index (Phi) is 3.53. The maximum absolute atomic E-state index is 6.28. The maximum Gasteiger partial charge on any atom is 0.0507 e. The van der Waals surface area contributed by atoms with Crippen LogP contribution in [0.15, 0.2) is 30.3 Å². The number of hydrogen-bond donors (Lipinski definition) is 2. The summed E-state index contributed by atoms with van der Waals surface area (Å²) in [4.78, 5) is 0. The summed E-state index contributed by atoms with van der Waals surface area (Å²) in [6.07, 6.45) is 0. The molecule has 0 amide bonds. The molecule has 0 aliphatic carbocycles. The molecule has 0 aliphatic rings. The monoisotopic (exact) mass is 206 g/mol. The summed E-state index contributed by atoms with van der Waals surface area (Å²) in [6, 6.07) is 10.2. The molecule has 3 N–H and O–H groups in total. The van der Waals surface area contributed by atoms with Gasteiger partial charge >= 0.3 is 0 Å². The van der Waals surface area contributed by atoms with Gasteiger partial charge in [0.05, 0.1) is 5.54 Å². The highest BCUT2D eigenvalue weighted by molar-refractivity contribution is 5.23. The lowest BCUT2D eigenvalue weighted by Gasteiger charge is -2.30. The molecule has 1 atom stereocenters. The molecule has 0 spiro atoms. The third-order valence-electron chi connectivity index (χ3n) is 2.42. The van der Waals surface area contributed by atoms with Crippen molar-refractivity contribution in [1.29, 1.82) is 0 Å². The van der Waals surface area contributed by atoms with Crippen LogP contribution in [0, 0.1) is 0 Å². The van der Waals surface area contributed by atoms with Gasteiger partial charge in [0.15, 0.2) is 0 Å². The molecular formula is C13H22N2. The molecule has 0 radical (unpaired) electrons. The Morgan fingerprint density at radius 3 is 2.07 bits per heavy atom. The molecule has 0 aliphatic heterocycles. The van der Waals surface area contributed by atoms with Gasteiger partial charge in [-0.15, -0.1) is 0 Å². The third kappa shape index (κ3) is 4.02. The van der Waals surface area contributed by atoms with E-state index in [2.05, 4.69) is 45.1 Å². The van der Waals surface area contributed by atoms with Gasteiger partial charge in [-0.25, -0.2) is 0 Å². The quantitative estimate of drug-likeness (QED) is 0.796. The van der Waals surface area contributed by atoms with Crippen molar-refractivity contribution < 1.29 is 0 Å². The molecule has 0 heterocycles. The minimum Gasteiger partial charge on any atom is -0.321 e. The molecule has 15 heavy (non-hydrogen) atoms. The largest absolute Gasteiger partial charge is 0.321 e. The van der Waals surface area contributed by atoms with Crippen molar-refractivity contribution in [3.8, 4) is 0 Å². The first-order valence-electron chi connectivity index (χ1n) is 5.41. The lowest BCUT2D eigenvalue weighted by Crippen LogP contribution is -2.49. The molecule has 1 aromatic carbocycles. The van der Waals surface area contributed by atoms with Gasteiger partial charge in [0.1, 0.15) is 0 Å². The molecule has 1 aromatic rings. The molecule has 1 unspecified atom stereocenters. The molecule has 0 fully saturated rings. The molecule has 2 heteroatoms. The Balaban J connectivity index is 2.68. The summed E-state index contributed by atoms with van der Waals surface area (Å²) in [5, 5.41) is 3.44. The minimum atomic E-state index is -0.311. The number of nitrogens with two attached hydrogens (primary N) is 1. The first kappa shape index (κ1) is 12.2. The number of nitrogens with one attached hydrogen (secondary N) is 1. The van der Waals surface area contributed by atoms with E-state index in [1.807, 2.05) is 18.2 Å². The van der Waals surface area contributed by atoms with Gasteiger partial charge in [-0.1, -0.05) is 30.3 Å².